The molecular weight excluding hydrogens is 533 g/mol. The fraction of sp³-hybridized carbons (Fsp3) is 0.962. The molecule has 210 valence electrons. The first kappa shape index (κ1) is 35.0. The summed E-state index contributed by atoms with van der Waals surface area (Å²) in [7, 11) is -4.11. The number of halogens is 1. The van der Waals surface area contributed by atoms with Gasteiger partial charge in [0.2, 0.25) is 5.91 Å². The quantitative estimate of drug-likeness (QED) is 0.0582. The summed E-state index contributed by atoms with van der Waals surface area (Å²) in [6.45, 7) is 4.93. The molecule has 2 atom stereocenters. The molecule has 0 aliphatic heterocycles. The Morgan fingerprint density at radius 1 is 0.800 bits per heavy atom. The molecule has 0 saturated heterocycles. The molecule has 0 aromatic carbocycles. The summed E-state index contributed by atoms with van der Waals surface area (Å²) in [6.07, 6.45) is 20.3. The summed E-state index contributed by atoms with van der Waals surface area (Å²) in [4.78, 5) is 21.8. The van der Waals surface area contributed by atoms with E-state index in [1.807, 2.05) is 6.92 Å². The second-order valence-corrected chi connectivity index (χ2v) is 11.5. The summed E-state index contributed by atoms with van der Waals surface area (Å²) >= 11 is 3.13. The van der Waals surface area contributed by atoms with Crippen LogP contribution in [0, 0.1) is 0 Å². The van der Waals surface area contributed by atoms with E-state index in [0.717, 1.165) is 19.3 Å². The molecule has 0 fully saturated rings. The van der Waals surface area contributed by atoms with Gasteiger partial charge in [-0.15, -0.1) is 0 Å². The lowest BCUT2D eigenvalue weighted by Gasteiger charge is -2.20. The van der Waals surface area contributed by atoms with Crippen molar-refractivity contribution in [1.82, 2.24) is 5.32 Å². The Kier molecular flexibility index (Phi) is 25.7. The Morgan fingerprint density at radius 3 is 1.80 bits per heavy atom. The summed E-state index contributed by atoms with van der Waals surface area (Å²) in [5.41, 5.74) is 0. The molecule has 2 unspecified atom stereocenters. The average molecular weight is 587 g/mol. The number of unbranched alkanes of at least 4 members (excludes halogenated alkanes) is 14. The summed E-state index contributed by atoms with van der Waals surface area (Å²) < 4.78 is 27.2. The largest absolute Gasteiger partial charge is 0.472 e. The minimum absolute atomic E-state index is 0.0208. The molecule has 0 aliphatic rings. The van der Waals surface area contributed by atoms with Gasteiger partial charge >= 0.3 is 7.82 Å². The van der Waals surface area contributed by atoms with Crippen LogP contribution in [0.25, 0.3) is 0 Å². The molecule has 0 radical (unpaired) electrons. The lowest BCUT2D eigenvalue weighted by molar-refractivity contribution is -0.122. The average Bonchev–Trinajstić information content (AvgIpc) is 2.84. The van der Waals surface area contributed by atoms with Crippen LogP contribution in [0.5, 0.6) is 0 Å². The number of rotatable bonds is 27. The van der Waals surface area contributed by atoms with Crippen LogP contribution in [-0.4, -0.2) is 48.6 Å². The Labute approximate surface area is 223 Å². The van der Waals surface area contributed by atoms with Crippen molar-refractivity contribution in [2.45, 2.75) is 129 Å². The maximum atomic E-state index is 12.2. The fourth-order valence-corrected chi connectivity index (χ4v) is 4.95. The summed E-state index contributed by atoms with van der Waals surface area (Å²) in [5, 5.41) is 3.29. The molecule has 1 amide bonds. The van der Waals surface area contributed by atoms with Crippen LogP contribution in [-0.2, 0) is 23.1 Å². The Bertz CT molecular complexity index is 526. The van der Waals surface area contributed by atoms with E-state index in [0.29, 0.717) is 18.4 Å². The fourth-order valence-electron chi connectivity index (χ4n) is 3.79. The van der Waals surface area contributed by atoms with Crippen LogP contribution >= 0.6 is 23.8 Å². The number of ether oxygens (including phenoxy) is 1. The molecule has 0 spiro atoms. The number of phosphoric acid groups is 1. The molecule has 2 N–H and O–H groups in total. The van der Waals surface area contributed by atoms with Gasteiger partial charge in [0.15, 0.2) is 0 Å². The minimum Gasteiger partial charge on any atom is -0.374 e. The number of nitrogens with one attached hydrogen (secondary N) is 1. The van der Waals surface area contributed by atoms with Gasteiger partial charge in [-0.25, -0.2) is 4.57 Å². The van der Waals surface area contributed by atoms with Crippen molar-refractivity contribution < 1.29 is 28.0 Å². The van der Waals surface area contributed by atoms with Crippen LogP contribution in [0.3, 0.4) is 0 Å². The molecule has 0 rings (SSSR count). The number of carbonyl (C=O) groups is 1. The second kappa shape index (κ2) is 25.7. The highest BCUT2D eigenvalue weighted by Gasteiger charge is 2.23. The van der Waals surface area contributed by atoms with E-state index in [-0.39, 0.29) is 25.7 Å². The van der Waals surface area contributed by atoms with E-state index in [9.17, 15) is 14.3 Å². The van der Waals surface area contributed by atoms with Crippen LogP contribution < -0.4 is 5.32 Å². The van der Waals surface area contributed by atoms with Crippen LogP contribution in [0.4, 0.5) is 0 Å². The molecule has 0 bridgehead atoms. The molecule has 0 aromatic heterocycles. The third-order valence-electron chi connectivity index (χ3n) is 5.85. The second-order valence-electron chi connectivity index (χ2n) is 9.28. The van der Waals surface area contributed by atoms with E-state index in [1.165, 1.54) is 83.5 Å². The number of hydrogen-bond donors (Lipinski definition) is 2. The van der Waals surface area contributed by atoms with Crippen LogP contribution in [0.2, 0.25) is 0 Å². The normalized spacial score (nSPS) is 14.1. The number of carbonyl (C=O) groups excluding carboxylic acids is 1. The lowest BCUT2D eigenvalue weighted by Crippen LogP contribution is -2.36. The van der Waals surface area contributed by atoms with Crippen molar-refractivity contribution in [2.75, 3.05) is 31.7 Å². The number of hydrogen-bond acceptors (Lipinski definition) is 5. The molecule has 0 saturated carbocycles. The zero-order valence-electron chi connectivity index (χ0n) is 22.4. The molecule has 7 nitrogen and oxygen atoms in total. The number of amides is 1. The van der Waals surface area contributed by atoms with Gasteiger partial charge in [0.25, 0.3) is 0 Å². The third kappa shape index (κ3) is 25.5. The monoisotopic (exact) mass is 585 g/mol. The first-order chi connectivity index (χ1) is 16.9. The van der Waals surface area contributed by atoms with E-state index >= 15 is 0 Å². The predicted octanol–water partition coefficient (Wildman–Crippen LogP) is 7.69. The highest BCUT2D eigenvalue weighted by Crippen LogP contribution is 2.43. The Balaban J connectivity index is 3.71. The van der Waals surface area contributed by atoms with Crippen molar-refractivity contribution in [3.63, 3.8) is 0 Å². The number of alkyl halides is 1. The van der Waals surface area contributed by atoms with Gasteiger partial charge in [-0.3, -0.25) is 13.8 Å². The highest BCUT2D eigenvalue weighted by molar-refractivity contribution is 9.09. The first-order valence-corrected chi connectivity index (χ1v) is 16.6. The van der Waals surface area contributed by atoms with Crippen molar-refractivity contribution in [3.05, 3.63) is 0 Å². The van der Waals surface area contributed by atoms with E-state index < -0.39 is 13.9 Å². The van der Waals surface area contributed by atoms with E-state index in [4.69, 9.17) is 13.8 Å². The van der Waals surface area contributed by atoms with Crippen LogP contribution in [0.1, 0.15) is 123 Å². The zero-order valence-corrected chi connectivity index (χ0v) is 24.9. The molecule has 0 aromatic rings. The van der Waals surface area contributed by atoms with Gasteiger partial charge in [-0.1, -0.05) is 120 Å². The highest BCUT2D eigenvalue weighted by atomic mass is 79.9. The first-order valence-electron chi connectivity index (χ1n) is 14.0. The van der Waals surface area contributed by atoms with Gasteiger partial charge in [0.05, 0.1) is 19.3 Å². The van der Waals surface area contributed by atoms with Crippen molar-refractivity contribution in [2.24, 2.45) is 0 Å². The van der Waals surface area contributed by atoms with E-state index in [2.05, 4.69) is 28.2 Å². The maximum Gasteiger partial charge on any atom is 0.472 e. The van der Waals surface area contributed by atoms with Gasteiger partial charge in [-0.2, -0.15) is 0 Å². The predicted molar refractivity (Wildman–Crippen MR) is 148 cm³/mol. The molecule has 0 aliphatic carbocycles. The minimum atomic E-state index is -4.11. The van der Waals surface area contributed by atoms with Crippen molar-refractivity contribution in [1.29, 1.82) is 0 Å². The smallest absolute Gasteiger partial charge is 0.374 e. The van der Waals surface area contributed by atoms with Crippen molar-refractivity contribution >= 4 is 29.7 Å². The van der Waals surface area contributed by atoms with E-state index in [1.54, 1.807) is 0 Å². The topological polar surface area (TPSA) is 94.1 Å². The summed E-state index contributed by atoms with van der Waals surface area (Å²) in [5.74, 6) is -0.0208. The summed E-state index contributed by atoms with van der Waals surface area (Å²) in [6, 6.07) is 0. The Hall–Kier alpha value is 0.0200. The van der Waals surface area contributed by atoms with Crippen LogP contribution in [0.15, 0.2) is 0 Å². The van der Waals surface area contributed by atoms with Gasteiger partial charge in [0.1, 0.15) is 0 Å². The zero-order chi connectivity index (χ0) is 26.0. The van der Waals surface area contributed by atoms with Gasteiger partial charge in [0, 0.05) is 24.9 Å². The van der Waals surface area contributed by atoms with Gasteiger partial charge in [-0.05, 0) is 12.8 Å². The lowest BCUT2D eigenvalue weighted by atomic mass is 10.0. The van der Waals surface area contributed by atoms with Crippen molar-refractivity contribution in [3.8, 4) is 0 Å². The molecule has 9 heteroatoms. The SMILES string of the molecule is CCCCCCCCCCCCCCCCCC(=O)NCC(COP(=O)(O)OCCBr)OCCC. The molecule has 0 heterocycles. The standard InChI is InChI=1S/C26H53BrNO6P/c1-3-5-6-7-8-9-10-11-12-13-14-15-16-17-18-19-26(29)28-23-25(32-21-4-2)24-34-35(30,31)33-22-20-27/h25H,3-24H2,1-2H3,(H,28,29)(H,30,31). The Morgan fingerprint density at radius 2 is 1.31 bits per heavy atom. The third-order valence-corrected chi connectivity index (χ3v) is 7.16. The number of phosphoric ester groups is 1. The molecule has 35 heavy (non-hydrogen) atoms. The maximum absolute atomic E-state index is 12.2. The van der Waals surface area contributed by atoms with Gasteiger partial charge < -0.3 is 14.9 Å². The molecular formula is C26H53BrNO6P.